The Morgan fingerprint density at radius 1 is 0.810 bits per heavy atom. The van der Waals surface area contributed by atoms with Crippen LogP contribution in [0, 0.1) is 5.82 Å². The Morgan fingerprint density at radius 2 is 1.31 bits per heavy atom. The SMILES string of the molecule is O=C(O)/C=C\C(=O)O.O=C(O)/C=C\C(=O)O.OCCN1CCN(C2CC(c3ccc(F)cc3)c3cccc(Cl)c32)CC1. The second-order valence-corrected chi connectivity index (χ2v) is 9.63. The van der Waals surface area contributed by atoms with Gasteiger partial charge in [-0.25, -0.2) is 23.6 Å². The number of carbonyl (C=O) groups is 4. The van der Waals surface area contributed by atoms with Gasteiger partial charge in [0, 0.05) is 74.0 Å². The molecule has 11 nitrogen and oxygen atoms in total. The molecule has 42 heavy (non-hydrogen) atoms. The zero-order valence-electron chi connectivity index (χ0n) is 22.5. The lowest BCUT2D eigenvalue weighted by atomic mass is 9.93. The normalized spacial score (nSPS) is 18.5. The average Bonchev–Trinajstić information content (AvgIpc) is 3.33. The van der Waals surface area contributed by atoms with Crippen molar-refractivity contribution in [3.63, 3.8) is 0 Å². The summed E-state index contributed by atoms with van der Waals surface area (Å²) in [6.45, 7) is 4.85. The Labute approximate surface area is 246 Å². The number of benzene rings is 2. The van der Waals surface area contributed by atoms with Crippen LogP contribution in [0.25, 0.3) is 0 Å². The highest BCUT2D eigenvalue weighted by Gasteiger charge is 2.37. The van der Waals surface area contributed by atoms with E-state index in [-0.39, 0.29) is 18.3 Å². The summed E-state index contributed by atoms with van der Waals surface area (Å²) < 4.78 is 13.3. The van der Waals surface area contributed by atoms with E-state index in [1.807, 2.05) is 24.3 Å². The molecule has 2 atom stereocenters. The van der Waals surface area contributed by atoms with Crippen molar-refractivity contribution >= 4 is 35.5 Å². The third-order valence-electron chi connectivity index (χ3n) is 6.53. The summed E-state index contributed by atoms with van der Waals surface area (Å²) in [6.07, 6.45) is 3.21. The highest BCUT2D eigenvalue weighted by molar-refractivity contribution is 6.31. The zero-order valence-corrected chi connectivity index (χ0v) is 23.2. The predicted octanol–water partition coefficient (Wildman–Crippen LogP) is 3.09. The van der Waals surface area contributed by atoms with E-state index < -0.39 is 23.9 Å². The van der Waals surface area contributed by atoms with E-state index in [0.29, 0.717) is 30.3 Å². The summed E-state index contributed by atoms with van der Waals surface area (Å²) in [4.78, 5) is 43.0. The predicted molar refractivity (Wildman–Crippen MR) is 151 cm³/mol. The van der Waals surface area contributed by atoms with Gasteiger partial charge in [0.15, 0.2) is 0 Å². The maximum atomic E-state index is 13.3. The largest absolute Gasteiger partial charge is 0.478 e. The molecular weight excluding hydrogens is 575 g/mol. The fourth-order valence-corrected chi connectivity index (χ4v) is 5.05. The maximum absolute atomic E-state index is 13.3. The van der Waals surface area contributed by atoms with Crippen LogP contribution < -0.4 is 0 Å². The van der Waals surface area contributed by atoms with Crippen LogP contribution in [0.2, 0.25) is 5.02 Å². The summed E-state index contributed by atoms with van der Waals surface area (Å²) >= 11 is 6.61. The fourth-order valence-electron chi connectivity index (χ4n) is 4.74. The second kappa shape index (κ2) is 17.0. The molecule has 5 N–H and O–H groups in total. The molecule has 1 heterocycles. The molecule has 1 fully saturated rings. The van der Waals surface area contributed by atoms with Crippen molar-refractivity contribution < 1.29 is 49.1 Å². The van der Waals surface area contributed by atoms with Crippen molar-refractivity contribution in [1.29, 1.82) is 0 Å². The molecule has 4 rings (SSSR count). The Kier molecular flexibility index (Phi) is 13.8. The van der Waals surface area contributed by atoms with E-state index in [9.17, 15) is 23.6 Å². The highest BCUT2D eigenvalue weighted by atomic mass is 35.5. The Morgan fingerprint density at radius 3 is 1.76 bits per heavy atom. The molecule has 0 radical (unpaired) electrons. The van der Waals surface area contributed by atoms with Gasteiger partial charge in [-0.3, -0.25) is 9.80 Å². The van der Waals surface area contributed by atoms with Crippen LogP contribution >= 0.6 is 11.6 Å². The first-order valence-corrected chi connectivity index (χ1v) is 13.2. The second-order valence-electron chi connectivity index (χ2n) is 9.22. The topological polar surface area (TPSA) is 176 Å². The summed E-state index contributed by atoms with van der Waals surface area (Å²) in [5, 5.41) is 41.2. The van der Waals surface area contributed by atoms with Crippen molar-refractivity contribution in [3.05, 3.63) is 94.3 Å². The van der Waals surface area contributed by atoms with Gasteiger partial charge in [-0.1, -0.05) is 35.9 Å². The molecule has 2 aromatic rings. The van der Waals surface area contributed by atoms with Crippen LogP contribution in [0.3, 0.4) is 0 Å². The number of hydrogen-bond donors (Lipinski definition) is 5. The minimum Gasteiger partial charge on any atom is -0.478 e. The molecule has 2 aliphatic rings. The van der Waals surface area contributed by atoms with Crippen LogP contribution in [-0.4, -0.2) is 98.5 Å². The number of nitrogens with zero attached hydrogens (tertiary/aromatic N) is 2. The van der Waals surface area contributed by atoms with E-state index in [1.54, 1.807) is 12.1 Å². The number of carboxylic acid groups (broad SMARTS) is 4. The van der Waals surface area contributed by atoms with Crippen LogP contribution in [0.15, 0.2) is 66.8 Å². The number of piperazine rings is 1. The molecule has 0 bridgehead atoms. The quantitative estimate of drug-likeness (QED) is 0.279. The van der Waals surface area contributed by atoms with Gasteiger partial charge in [0.2, 0.25) is 0 Å². The Balaban J connectivity index is 0.000000319. The maximum Gasteiger partial charge on any atom is 0.328 e. The van der Waals surface area contributed by atoms with Gasteiger partial charge in [0.1, 0.15) is 5.82 Å². The van der Waals surface area contributed by atoms with Crippen molar-refractivity contribution in [2.45, 2.75) is 18.4 Å². The lowest BCUT2D eigenvalue weighted by Crippen LogP contribution is -2.48. The summed E-state index contributed by atoms with van der Waals surface area (Å²) in [5.41, 5.74) is 3.65. The van der Waals surface area contributed by atoms with E-state index >= 15 is 0 Å². The van der Waals surface area contributed by atoms with Gasteiger partial charge in [-0.2, -0.15) is 0 Å². The third kappa shape index (κ3) is 11.1. The molecule has 1 aliphatic carbocycles. The van der Waals surface area contributed by atoms with E-state index in [0.717, 1.165) is 49.7 Å². The molecule has 13 heteroatoms. The number of fused-ring (bicyclic) bond motifs is 1. The number of aliphatic hydroxyl groups excluding tert-OH is 1. The first-order chi connectivity index (χ1) is 19.9. The molecule has 0 aromatic heterocycles. The molecule has 1 aliphatic heterocycles. The van der Waals surface area contributed by atoms with Gasteiger partial charge in [0.05, 0.1) is 6.61 Å². The first kappa shape index (κ1) is 34.1. The summed E-state index contributed by atoms with van der Waals surface area (Å²) in [5.74, 6) is -4.97. The number of aliphatic hydroxyl groups is 1. The van der Waals surface area contributed by atoms with E-state index in [4.69, 9.17) is 37.1 Å². The highest BCUT2D eigenvalue weighted by Crippen LogP contribution is 2.49. The Hall–Kier alpha value is -4.10. The average molecular weight is 607 g/mol. The molecule has 2 unspecified atom stereocenters. The van der Waals surface area contributed by atoms with Gasteiger partial charge in [0.25, 0.3) is 0 Å². The van der Waals surface area contributed by atoms with E-state index in [2.05, 4.69) is 15.9 Å². The van der Waals surface area contributed by atoms with Crippen LogP contribution in [-0.2, 0) is 19.2 Å². The van der Waals surface area contributed by atoms with Gasteiger partial charge >= 0.3 is 23.9 Å². The van der Waals surface area contributed by atoms with Crippen molar-refractivity contribution in [3.8, 4) is 0 Å². The van der Waals surface area contributed by atoms with Gasteiger partial charge < -0.3 is 25.5 Å². The zero-order chi connectivity index (χ0) is 31.2. The number of β-amino-alcohol motifs (C(OH)–C–C–N with tert-alkyl or cyclic N) is 1. The number of rotatable bonds is 8. The van der Waals surface area contributed by atoms with Crippen LogP contribution in [0.4, 0.5) is 4.39 Å². The lowest BCUT2D eigenvalue weighted by Gasteiger charge is -2.38. The molecule has 0 amide bonds. The third-order valence-corrected chi connectivity index (χ3v) is 6.86. The molecule has 1 saturated heterocycles. The summed E-state index contributed by atoms with van der Waals surface area (Å²) in [6, 6.07) is 13.3. The molecule has 0 spiro atoms. The number of carboxylic acids is 4. The number of aliphatic carboxylic acids is 4. The monoisotopic (exact) mass is 606 g/mol. The molecule has 2 aromatic carbocycles. The van der Waals surface area contributed by atoms with Crippen molar-refractivity contribution in [2.75, 3.05) is 39.3 Å². The Bertz CT molecular complexity index is 1230. The van der Waals surface area contributed by atoms with E-state index in [1.165, 1.54) is 11.1 Å². The van der Waals surface area contributed by atoms with Gasteiger partial charge in [-0.05, 0) is 41.3 Å². The molecular formula is C29H32ClFN2O9. The fraction of sp³-hybridized carbons (Fsp3) is 0.310. The number of halogens is 2. The van der Waals surface area contributed by atoms with Crippen LogP contribution in [0.5, 0.6) is 0 Å². The molecule has 226 valence electrons. The smallest absolute Gasteiger partial charge is 0.328 e. The number of hydrogen-bond acceptors (Lipinski definition) is 7. The molecule has 0 saturated carbocycles. The van der Waals surface area contributed by atoms with Gasteiger partial charge in [-0.15, -0.1) is 0 Å². The minimum atomic E-state index is -1.26. The van der Waals surface area contributed by atoms with Crippen LogP contribution in [0.1, 0.15) is 35.1 Å². The van der Waals surface area contributed by atoms with Crippen molar-refractivity contribution in [1.82, 2.24) is 9.80 Å². The lowest BCUT2D eigenvalue weighted by molar-refractivity contribution is -0.134. The van der Waals surface area contributed by atoms with Crippen molar-refractivity contribution in [2.24, 2.45) is 0 Å². The minimum absolute atomic E-state index is 0.199. The standard InChI is InChI=1S/C21H24ClFN2O.2C4H4O4/c22-19-3-1-2-17-18(15-4-6-16(23)7-5-15)14-20(21(17)19)25-10-8-24(9-11-25)12-13-26;2*5-3(6)1-2-4(7)8/h1-7,18,20,26H,8-14H2;2*1-2H,(H,5,6)(H,7,8)/b;2*2-1-. The summed E-state index contributed by atoms with van der Waals surface area (Å²) in [7, 11) is 0. The first-order valence-electron chi connectivity index (χ1n) is 12.8.